The van der Waals surface area contributed by atoms with Crippen molar-refractivity contribution in [2.24, 2.45) is 35.5 Å². The van der Waals surface area contributed by atoms with Gasteiger partial charge in [0.05, 0.1) is 0 Å². The first-order valence-corrected chi connectivity index (χ1v) is 10.3. The molecule has 0 bridgehead atoms. The van der Waals surface area contributed by atoms with Crippen LogP contribution in [0.3, 0.4) is 0 Å². The Morgan fingerprint density at radius 3 is 1.08 bits per heavy atom. The maximum atomic E-state index is 4.92. The van der Waals surface area contributed by atoms with Crippen LogP contribution in [0.5, 0.6) is 0 Å². The molecule has 0 radical (unpaired) electrons. The molecule has 160 valence electrons. The number of allylic oxidation sites excluding steroid dienone is 1. The summed E-state index contributed by atoms with van der Waals surface area (Å²) in [5.41, 5.74) is 1.29. The van der Waals surface area contributed by atoms with Gasteiger partial charge in [0.1, 0.15) is 0 Å². The lowest BCUT2D eigenvalue weighted by molar-refractivity contribution is 0.316. The van der Waals surface area contributed by atoms with Gasteiger partial charge in [0, 0.05) is 5.92 Å². The van der Waals surface area contributed by atoms with Crippen molar-refractivity contribution in [2.45, 2.75) is 110 Å². The third kappa shape index (κ3) is 49.5. The van der Waals surface area contributed by atoms with E-state index >= 15 is 0 Å². The monoisotopic (exact) mass is 368 g/mol. The lowest BCUT2D eigenvalue weighted by Gasteiger charge is -2.18. The molecule has 0 aliphatic rings. The van der Waals surface area contributed by atoms with Gasteiger partial charge in [0.25, 0.3) is 0 Å². The van der Waals surface area contributed by atoms with Crippen molar-refractivity contribution in [1.29, 1.82) is 0 Å². The van der Waals surface area contributed by atoms with Gasteiger partial charge in [-0.1, -0.05) is 103 Å². The third-order valence-electron chi connectivity index (χ3n) is 4.01. The molecule has 26 heavy (non-hydrogen) atoms. The minimum atomic E-state index is 0. The van der Waals surface area contributed by atoms with E-state index in [9.17, 15) is 0 Å². The zero-order valence-corrected chi connectivity index (χ0v) is 20.2. The smallest absolute Gasteiger partial charge is 0.0143 e. The summed E-state index contributed by atoms with van der Waals surface area (Å²) in [6.07, 6.45) is 7.39. The fraction of sp³-hybridized carbons (Fsp3) is 0.846. The van der Waals surface area contributed by atoms with Gasteiger partial charge < -0.3 is 0 Å². The van der Waals surface area contributed by atoms with E-state index in [1.165, 1.54) is 18.4 Å². The van der Waals surface area contributed by atoms with Crippen LogP contribution in [0, 0.1) is 47.9 Å². The summed E-state index contributed by atoms with van der Waals surface area (Å²) >= 11 is 0. The second kappa shape index (κ2) is 24.3. The van der Waals surface area contributed by atoms with Crippen molar-refractivity contribution >= 4 is 0 Å². The third-order valence-corrected chi connectivity index (χ3v) is 4.01. The van der Waals surface area contributed by atoms with Gasteiger partial charge in [-0.2, -0.15) is 0 Å². The van der Waals surface area contributed by atoms with Crippen LogP contribution < -0.4 is 0 Å². The van der Waals surface area contributed by atoms with Crippen LogP contribution in [0.4, 0.5) is 0 Å². The first-order chi connectivity index (χ1) is 11.2. The minimum absolute atomic E-state index is 0. The van der Waals surface area contributed by atoms with Crippen molar-refractivity contribution in [3.63, 3.8) is 0 Å². The molecule has 0 heteroatoms. The molecule has 0 saturated heterocycles. The molecule has 0 heterocycles. The molecule has 0 rings (SSSR count). The number of hydrogen-bond acceptors (Lipinski definition) is 0. The molecule has 0 aliphatic heterocycles. The van der Waals surface area contributed by atoms with Crippen LogP contribution in [0.25, 0.3) is 0 Å². The maximum absolute atomic E-state index is 4.92. The van der Waals surface area contributed by atoms with Crippen molar-refractivity contribution < 1.29 is 0 Å². The van der Waals surface area contributed by atoms with E-state index in [2.05, 4.69) is 88.7 Å². The minimum Gasteiger partial charge on any atom is -0.120 e. The molecule has 0 aromatic rings. The Morgan fingerprint density at radius 2 is 1.08 bits per heavy atom. The Hall–Kier alpha value is -0.700. The summed E-state index contributed by atoms with van der Waals surface area (Å²) in [7, 11) is 0. The highest BCUT2D eigenvalue weighted by molar-refractivity contribution is 4.88. The topological polar surface area (TPSA) is 0 Å². The lowest BCUT2D eigenvalue weighted by atomic mass is 9.88. The van der Waals surface area contributed by atoms with E-state index in [0.717, 1.165) is 29.6 Å². The predicted molar refractivity (Wildman–Crippen MR) is 129 cm³/mol. The highest BCUT2D eigenvalue weighted by Gasteiger charge is 2.09. The molecule has 0 aliphatic carbocycles. The lowest BCUT2D eigenvalue weighted by Crippen LogP contribution is -2.10. The van der Waals surface area contributed by atoms with Gasteiger partial charge in [0.15, 0.2) is 0 Å². The van der Waals surface area contributed by atoms with Gasteiger partial charge in [-0.15, -0.1) is 18.9 Å². The molecule has 0 unspecified atom stereocenters. The molecule has 0 N–H and O–H groups in total. The number of hydrogen-bond donors (Lipinski definition) is 0. The van der Waals surface area contributed by atoms with Gasteiger partial charge in [-0.3, -0.25) is 0 Å². The zero-order chi connectivity index (χ0) is 21.2. The highest BCUT2D eigenvalue weighted by Crippen LogP contribution is 2.18. The Bertz CT molecular complexity index is 288. The molecular weight excluding hydrogens is 312 g/mol. The number of rotatable bonds is 5. The fourth-order valence-corrected chi connectivity index (χ4v) is 1.47. The largest absolute Gasteiger partial charge is 0.120 e. The summed E-state index contributed by atoms with van der Waals surface area (Å²) < 4.78 is 0. The first-order valence-electron chi connectivity index (χ1n) is 10.3. The predicted octanol–water partition coefficient (Wildman–Crippen LogP) is 9.51. The van der Waals surface area contributed by atoms with E-state index in [0.29, 0.717) is 5.92 Å². The van der Waals surface area contributed by atoms with Crippen molar-refractivity contribution in [3.8, 4) is 12.3 Å². The first kappa shape index (κ1) is 36.3. The van der Waals surface area contributed by atoms with Crippen LogP contribution in [0.15, 0.2) is 12.2 Å². The van der Waals surface area contributed by atoms with Crippen LogP contribution in [-0.4, -0.2) is 0 Å². The molecule has 0 atom stereocenters. The van der Waals surface area contributed by atoms with Crippen molar-refractivity contribution in [3.05, 3.63) is 12.2 Å². The van der Waals surface area contributed by atoms with E-state index < -0.39 is 0 Å². The van der Waals surface area contributed by atoms with Gasteiger partial charge in [-0.05, 0) is 42.9 Å². The molecule has 0 fully saturated rings. The summed E-state index contributed by atoms with van der Waals surface area (Å²) in [5.74, 6) is 7.16. The van der Waals surface area contributed by atoms with Gasteiger partial charge in [0.2, 0.25) is 0 Å². The Balaban J connectivity index is -0.0000000760. The maximum Gasteiger partial charge on any atom is 0.0143 e. The molecule has 0 nitrogen and oxygen atoms in total. The molecule has 0 spiro atoms. The second-order valence-electron chi connectivity index (χ2n) is 9.03. The highest BCUT2D eigenvalue weighted by atomic mass is 14.2. The summed E-state index contributed by atoms with van der Waals surface area (Å²) in [6.45, 7) is 32.3. The average Bonchev–Trinajstić information content (AvgIpc) is 2.46. The average molecular weight is 369 g/mol. The standard InChI is InChI=1S/C8H18.C7H14.C5H12.C5H8.CH4/c1-6(2)8(5)7(3)4;1-6(2)5-7(3)4;2*1-4-5(2)3;/h6-8H,1-5H3;7H,1,5H2,2-4H3;5H,4H2,1-3H3;1,5H,2-3H3;1H4. The van der Waals surface area contributed by atoms with Gasteiger partial charge >= 0.3 is 0 Å². The molecule has 0 aromatic carbocycles. The van der Waals surface area contributed by atoms with E-state index in [4.69, 9.17) is 6.42 Å². The zero-order valence-electron chi connectivity index (χ0n) is 20.2. The fourth-order valence-electron chi connectivity index (χ4n) is 1.47. The normalized spacial score (nSPS) is 9.62. The summed E-state index contributed by atoms with van der Waals surface area (Å²) in [6, 6.07) is 0. The van der Waals surface area contributed by atoms with Crippen LogP contribution >= 0.6 is 0 Å². The number of terminal acetylenes is 1. The Labute approximate surface area is 170 Å². The van der Waals surface area contributed by atoms with Crippen LogP contribution in [0.1, 0.15) is 110 Å². The van der Waals surface area contributed by atoms with Crippen molar-refractivity contribution in [2.75, 3.05) is 0 Å². The van der Waals surface area contributed by atoms with Crippen molar-refractivity contribution in [1.82, 2.24) is 0 Å². The van der Waals surface area contributed by atoms with E-state index in [1.54, 1.807) is 0 Å². The molecule has 0 aromatic heterocycles. The molecule has 0 saturated carbocycles. The Morgan fingerprint density at radius 1 is 0.808 bits per heavy atom. The molecule has 0 amide bonds. The second-order valence-corrected chi connectivity index (χ2v) is 9.03. The SMILES string of the molecule is C.C#CC(C)C.C=C(C)CC(C)C.CC(C)C(C)C(C)C.CCC(C)C. The van der Waals surface area contributed by atoms with Crippen LogP contribution in [0.2, 0.25) is 0 Å². The van der Waals surface area contributed by atoms with Crippen LogP contribution in [-0.2, 0) is 0 Å². The quantitative estimate of drug-likeness (QED) is 0.334. The Kier molecular flexibility index (Phi) is 33.9. The molecular formula is C26H56. The van der Waals surface area contributed by atoms with E-state index in [1.807, 2.05) is 13.8 Å². The summed E-state index contributed by atoms with van der Waals surface area (Å²) in [4.78, 5) is 0. The van der Waals surface area contributed by atoms with Gasteiger partial charge in [-0.25, -0.2) is 0 Å². The summed E-state index contributed by atoms with van der Waals surface area (Å²) in [5, 5.41) is 0. The van der Waals surface area contributed by atoms with E-state index in [-0.39, 0.29) is 7.43 Å².